The summed E-state index contributed by atoms with van der Waals surface area (Å²) in [7, 11) is 1.68. The van der Waals surface area contributed by atoms with Crippen LogP contribution in [0.4, 0.5) is 5.82 Å². The highest BCUT2D eigenvalue weighted by Gasteiger charge is 2.23. The smallest absolute Gasteiger partial charge is 0.343 e. The minimum absolute atomic E-state index is 0.136. The molecular formula is C15H24N4O3. The Labute approximate surface area is 130 Å². The Morgan fingerprint density at radius 2 is 2.23 bits per heavy atom. The quantitative estimate of drug-likeness (QED) is 0.832. The first-order valence-corrected chi connectivity index (χ1v) is 7.76. The van der Waals surface area contributed by atoms with Gasteiger partial charge in [0.25, 0.3) is 0 Å². The van der Waals surface area contributed by atoms with E-state index in [9.17, 15) is 9.59 Å². The average Bonchev–Trinajstić information content (AvgIpc) is 2.83. The topological polar surface area (TPSA) is 76.5 Å². The summed E-state index contributed by atoms with van der Waals surface area (Å²) in [5.41, 5.74) is 0.282. The summed E-state index contributed by atoms with van der Waals surface area (Å²) >= 11 is 0. The Balaban J connectivity index is 2.02. The van der Waals surface area contributed by atoms with Crippen molar-refractivity contribution >= 4 is 17.7 Å². The molecule has 1 fully saturated rings. The zero-order valence-corrected chi connectivity index (χ0v) is 13.5. The molecule has 1 aliphatic rings. The first-order chi connectivity index (χ1) is 10.5. The number of ether oxygens (including phenoxy) is 1. The number of rotatable bonds is 5. The van der Waals surface area contributed by atoms with Crippen LogP contribution >= 0.6 is 0 Å². The zero-order valence-electron chi connectivity index (χ0n) is 13.5. The van der Waals surface area contributed by atoms with Crippen LogP contribution in [-0.4, -0.2) is 52.3 Å². The van der Waals surface area contributed by atoms with Crippen molar-refractivity contribution in [2.24, 2.45) is 7.05 Å². The molecule has 2 rings (SSSR count). The maximum absolute atomic E-state index is 12.3. The number of aryl methyl sites for hydroxylation is 1. The molecule has 0 bridgehead atoms. The summed E-state index contributed by atoms with van der Waals surface area (Å²) in [6.45, 7) is 5.43. The van der Waals surface area contributed by atoms with E-state index >= 15 is 0 Å². The molecule has 7 heteroatoms. The van der Waals surface area contributed by atoms with E-state index in [0.717, 1.165) is 19.4 Å². The van der Waals surface area contributed by atoms with E-state index in [1.807, 2.05) is 0 Å². The second kappa shape index (κ2) is 7.40. The number of hydrogen-bond donors (Lipinski definition) is 1. The Kier molecular flexibility index (Phi) is 5.54. The van der Waals surface area contributed by atoms with E-state index in [0.29, 0.717) is 18.4 Å². The SMILES string of the molecule is CCOC(=O)c1cnn(C)c1NC(=O)CN1CCCCC1C. The zero-order chi connectivity index (χ0) is 16.1. The summed E-state index contributed by atoms with van der Waals surface area (Å²) < 4.78 is 6.45. The van der Waals surface area contributed by atoms with Gasteiger partial charge in [0, 0.05) is 13.1 Å². The highest BCUT2D eigenvalue weighted by Crippen LogP contribution is 2.18. The molecule has 1 aromatic heterocycles. The third kappa shape index (κ3) is 3.85. The number of hydrogen-bond acceptors (Lipinski definition) is 5. The molecule has 0 aromatic carbocycles. The van der Waals surface area contributed by atoms with E-state index in [2.05, 4.69) is 22.2 Å². The van der Waals surface area contributed by atoms with Crippen LogP contribution in [0.3, 0.4) is 0 Å². The Hall–Kier alpha value is -1.89. The number of nitrogens with one attached hydrogen (secondary N) is 1. The second-order valence-electron chi connectivity index (χ2n) is 5.61. The van der Waals surface area contributed by atoms with Gasteiger partial charge in [0.1, 0.15) is 11.4 Å². The normalized spacial score (nSPS) is 19.0. The predicted molar refractivity (Wildman–Crippen MR) is 82.7 cm³/mol. The lowest BCUT2D eigenvalue weighted by atomic mass is 10.0. The number of carbonyl (C=O) groups excluding carboxylic acids is 2. The minimum Gasteiger partial charge on any atom is -0.462 e. The summed E-state index contributed by atoms with van der Waals surface area (Å²) in [5.74, 6) is -0.228. The third-order valence-electron chi connectivity index (χ3n) is 3.98. The fourth-order valence-corrected chi connectivity index (χ4v) is 2.69. The number of nitrogens with zero attached hydrogens (tertiary/aromatic N) is 3. The van der Waals surface area contributed by atoms with E-state index in [1.165, 1.54) is 17.3 Å². The second-order valence-corrected chi connectivity index (χ2v) is 5.61. The first-order valence-electron chi connectivity index (χ1n) is 7.76. The number of likely N-dealkylation sites (tertiary alicyclic amines) is 1. The average molecular weight is 308 g/mol. The van der Waals surface area contributed by atoms with E-state index < -0.39 is 5.97 Å². The van der Waals surface area contributed by atoms with Gasteiger partial charge in [-0.15, -0.1) is 0 Å². The van der Waals surface area contributed by atoms with E-state index in [1.54, 1.807) is 14.0 Å². The number of aromatic nitrogens is 2. The maximum atomic E-state index is 12.3. The summed E-state index contributed by atoms with van der Waals surface area (Å²) in [6.07, 6.45) is 4.87. The van der Waals surface area contributed by atoms with Crippen LogP contribution in [0.1, 0.15) is 43.5 Å². The Morgan fingerprint density at radius 3 is 2.91 bits per heavy atom. The van der Waals surface area contributed by atoms with Crippen LogP contribution in [0.15, 0.2) is 6.20 Å². The molecule has 1 atom stereocenters. The maximum Gasteiger partial charge on any atom is 0.343 e. The first kappa shape index (κ1) is 16.5. The van der Waals surface area contributed by atoms with Gasteiger partial charge in [-0.25, -0.2) is 4.79 Å². The third-order valence-corrected chi connectivity index (χ3v) is 3.98. The summed E-state index contributed by atoms with van der Waals surface area (Å²) in [4.78, 5) is 26.3. The summed E-state index contributed by atoms with van der Waals surface area (Å²) in [5, 5.41) is 6.81. The molecule has 1 saturated heterocycles. The van der Waals surface area contributed by atoms with Crippen LogP contribution in [0.2, 0.25) is 0 Å². The van der Waals surface area contributed by atoms with Crippen LogP contribution in [-0.2, 0) is 16.6 Å². The van der Waals surface area contributed by atoms with Crippen molar-refractivity contribution in [3.8, 4) is 0 Å². The van der Waals surface area contributed by atoms with Crippen molar-refractivity contribution in [3.05, 3.63) is 11.8 Å². The lowest BCUT2D eigenvalue weighted by Gasteiger charge is -2.32. The number of anilines is 1. The van der Waals surface area contributed by atoms with Gasteiger partial charge < -0.3 is 10.1 Å². The number of piperidine rings is 1. The van der Waals surface area contributed by atoms with Gasteiger partial charge in [-0.1, -0.05) is 6.42 Å². The molecule has 0 saturated carbocycles. The van der Waals surface area contributed by atoms with Gasteiger partial charge in [-0.05, 0) is 33.2 Å². The molecule has 122 valence electrons. The molecule has 7 nitrogen and oxygen atoms in total. The molecule has 2 heterocycles. The molecule has 1 amide bonds. The minimum atomic E-state index is -0.475. The lowest BCUT2D eigenvalue weighted by Crippen LogP contribution is -2.42. The molecule has 22 heavy (non-hydrogen) atoms. The largest absolute Gasteiger partial charge is 0.462 e. The molecule has 0 aliphatic carbocycles. The van der Waals surface area contributed by atoms with Crippen molar-refractivity contribution in [2.45, 2.75) is 39.2 Å². The highest BCUT2D eigenvalue weighted by molar-refractivity contribution is 6.00. The molecule has 1 aliphatic heterocycles. The van der Waals surface area contributed by atoms with Crippen LogP contribution in [0.25, 0.3) is 0 Å². The van der Waals surface area contributed by atoms with Gasteiger partial charge in [-0.2, -0.15) is 5.10 Å². The van der Waals surface area contributed by atoms with Gasteiger partial charge in [0.15, 0.2) is 0 Å². The molecule has 0 spiro atoms. The van der Waals surface area contributed by atoms with Crippen LogP contribution < -0.4 is 5.32 Å². The Morgan fingerprint density at radius 1 is 1.45 bits per heavy atom. The molecule has 1 aromatic rings. The van der Waals surface area contributed by atoms with E-state index in [4.69, 9.17) is 4.74 Å². The number of esters is 1. The predicted octanol–water partition coefficient (Wildman–Crippen LogP) is 1.41. The number of amides is 1. The van der Waals surface area contributed by atoms with E-state index in [-0.39, 0.29) is 18.1 Å². The fraction of sp³-hybridized carbons (Fsp3) is 0.667. The van der Waals surface area contributed by atoms with Gasteiger partial charge in [-0.3, -0.25) is 14.4 Å². The van der Waals surface area contributed by atoms with Gasteiger partial charge >= 0.3 is 5.97 Å². The molecular weight excluding hydrogens is 284 g/mol. The monoisotopic (exact) mass is 308 g/mol. The highest BCUT2D eigenvalue weighted by atomic mass is 16.5. The Bertz CT molecular complexity index is 541. The number of carbonyl (C=O) groups is 2. The lowest BCUT2D eigenvalue weighted by molar-refractivity contribution is -0.118. The van der Waals surface area contributed by atoms with Crippen molar-refractivity contribution in [3.63, 3.8) is 0 Å². The molecule has 0 radical (unpaired) electrons. The standard InChI is InChI=1S/C15H24N4O3/c1-4-22-15(21)12-9-16-18(3)14(12)17-13(20)10-19-8-6-5-7-11(19)2/h9,11H,4-8,10H2,1-3H3,(H,17,20). The van der Waals surface area contributed by atoms with Crippen LogP contribution in [0, 0.1) is 0 Å². The van der Waals surface area contributed by atoms with Crippen molar-refractivity contribution in [2.75, 3.05) is 25.0 Å². The molecule has 1 N–H and O–H groups in total. The summed E-state index contributed by atoms with van der Waals surface area (Å²) in [6, 6.07) is 0.413. The fourth-order valence-electron chi connectivity index (χ4n) is 2.69. The van der Waals surface area contributed by atoms with Crippen molar-refractivity contribution in [1.29, 1.82) is 0 Å². The van der Waals surface area contributed by atoms with Crippen LogP contribution in [0.5, 0.6) is 0 Å². The van der Waals surface area contributed by atoms with Gasteiger partial charge in [0.05, 0.1) is 19.3 Å². The van der Waals surface area contributed by atoms with Crippen molar-refractivity contribution in [1.82, 2.24) is 14.7 Å². The van der Waals surface area contributed by atoms with Crippen molar-refractivity contribution < 1.29 is 14.3 Å². The molecule has 1 unspecified atom stereocenters. The van der Waals surface area contributed by atoms with Gasteiger partial charge in [0.2, 0.25) is 5.91 Å².